The van der Waals surface area contributed by atoms with E-state index in [-0.39, 0.29) is 0 Å². The molecule has 0 aliphatic heterocycles. The summed E-state index contributed by atoms with van der Waals surface area (Å²) in [6.45, 7) is 8.69. The monoisotopic (exact) mass is 265 g/mol. The Morgan fingerprint density at radius 3 is 1.95 bits per heavy atom. The maximum Gasteiger partial charge on any atom is 0.125 e. The van der Waals surface area contributed by atoms with Gasteiger partial charge in [0.1, 0.15) is 12.4 Å². The van der Waals surface area contributed by atoms with Gasteiger partial charge in [-0.15, -0.1) is 0 Å². The standard InChI is InChI=1S/C18H19NO/c1-12-5-13(2)7-17(6-12)11-20-18-14(3)8-16(10-19)9-15(18)4/h5-9H,11H2,1-4H3. The molecule has 0 fully saturated rings. The molecule has 20 heavy (non-hydrogen) atoms. The van der Waals surface area contributed by atoms with Crippen LogP contribution in [0.4, 0.5) is 0 Å². The summed E-state index contributed by atoms with van der Waals surface area (Å²) in [5.41, 5.74) is 6.36. The highest BCUT2D eigenvalue weighted by Crippen LogP contribution is 2.25. The van der Waals surface area contributed by atoms with Crippen molar-refractivity contribution in [2.75, 3.05) is 0 Å². The second kappa shape index (κ2) is 5.79. The van der Waals surface area contributed by atoms with Crippen LogP contribution in [0.1, 0.15) is 33.4 Å². The van der Waals surface area contributed by atoms with Crippen LogP contribution in [-0.2, 0) is 6.61 Å². The fourth-order valence-electron chi connectivity index (χ4n) is 2.55. The molecular formula is C18H19NO. The Balaban J connectivity index is 2.21. The molecule has 0 amide bonds. The van der Waals surface area contributed by atoms with Gasteiger partial charge in [0.05, 0.1) is 11.6 Å². The average molecular weight is 265 g/mol. The predicted molar refractivity (Wildman–Crippen MR) is 80.9 cm³/mol. The fourth-order valence-corrected chi connectivity index (χ4v) is 2.55. The number of ether oxygens (including phenoxy) is 1. The summed E-state index contributed by atoms with van der Waals surface area (Å²) in [5.74, 6) is 0.878. The van der Waals surface area contributed by atoms with Crippen LogP contribution in [-0.4, -0.2) is 0 Å². The van der Waals surface area contributed by atoms with E-state index in [0.29, 0.717) is 12.2 Å². The third-order valence-electron chi connectivity index (χ3n) is 3.25. The smallest absolute Gasteiger partial charge is 0.125 e. The summed E-state index contributed by atoms with van der Waals surface area (Å²) in [6, 6.07) is 12.3. The number of rotatable bonds is 3. The molecule has 2 aromatic rings. The summed E-state index contributed by atoms with van der Waals surface area (Å²) in [6.07, 6.45) is 0. The first-order valence-corrected chi connectivity index (χ1v) is 6.71. The van der Waals surface area contributed by atoms with Gasteiger partial charge in [-0.3, -0.25) is 0 Å². The fraction of sp³-hybridized carbons (Fsp3) is 0.278. The first kappa shape index (κ1) is 14.1. The van der Waals surface area contributed by atoms with Crippen LogP contribution in [0.3, 0.4) is 0 Å². The molecule has 0 N–H and O–H groups in total. The Kier molecular flexibility index (Phi) is 4.10. The summed E-state index contributed by atoms with van der Waals surface area (Å²) in [5, 5.41) is 8.96. The van der Waals surface area contributed by atoms with Crippen molar-refractivity contribution in [3.05, 3.63) is 63.7 Å². The average Bonchev–Trinajstić information content (AvgIpc) is 2.36. The molecule has 2 rings (SSSR count). The lowest BCUT2D eigenvalue weighted by atomic mass is 10.1. The summed E-state index contributed by atoms with van der Waals surface area (Å²) < 4.78 is 5.95. The normalized spacial score (nSPS) is 10.2. The van der Waals surface area contributed by atoms with Gasteiger partial charge in [-0.2, -0.15) is 5.26 Å². The Bertz CT molecular complexity index is 637. The quantitative estimate of drug-likeness (QED) is 0.825. The minimum atomic E-state index is 0.552. The number of benzene rings is 2. The molecule has 102 valence electrons. The first-order valence-electron chi connectivity index (χ1n) is 6.71. The van der Waals surface area contributed by atoms with Crippen LogP contribution in [0, 0.1) is 39.0 Å². The van der Waals surface area contributed by atoms with Gasteiger partial charge in [0.2, 0.25) is 0 Å². The lowest BCUT2D eigenvalue weighted by Crippen LogP contribution is -2.00. The number of hydrogen-bond donors (Lipinski definition) is 0. The molecule has 2 nitrogen and oxygen atoms in total. The largest absolute Gasteiger partial charge is 0.488 e. The molecule has 0 aromatic heterocycles. The van der Waals surface area contributed by atoms with E-state index in [0.717, 1.165) is 16.9 Å². The van der Waals surface area contributed by atoms with E-state index in [1.165, 1.54) is 16.7 Å². The number of nitriles is 1. The van der Waals surface area contributed by atoms with Crippen molar-refractivity contribution >= 4 is 0 Å². The highest BCUT2D eigenvalue weighted by atomic mass is 16.5. The van der Waals surface area contributed by atoms with Crippen LogP contribution >= 0.6 is 0 Å². The highest BCUT2D eigenvalue weighted by Gasteiger charge is 2.07. The predicted octanol–water partition coefficient (Wildman–Crippen LogP) is 4.37. The zero-order chi connectivity index (χ0) is 14.7. The molecule has 0 spiro atoms. The Hall–Kier alpha value is -2.27. The number of nitrogens with zero attached hydrogens (tertiary/aromatic N) is 1. The van der Waals surface area contributed by atoms with E-state index in [1.54, 1.807) is 0 Å². The van der Waals surface area contributed by atoms with E-state index in [4.69, 9.17) is 10.00 Å². The van der Waals surface area contributed by atoms with Crippen molar-refractivity contribution in [3.63, 3.8) is 0 Å². The highest BCUT2D eigenvalue weighted by molar-refractivity contribution is 5.47. The first-order chi connectivity index (χ1) is 9.49. The molecule has 0 aliphatic carbocycles. The van der Waals surface area contributed by atoms with Crippen molar-refractivity contribution in [1.29, 1.82) is 5.26 Å². The molecule has 0 saturated carbocycles. The van der Waals surface area contributed by atoms with Crippen molar-refractivity contribution in [2.45, 2.75) is 34.3 Å². The van der Waals surface area contributed by atoms with Gasteiger partial charge in [-0.1, -0.05) is 29.3 Å². The van der Waals surface area contributed by atoms with Crippen LogP contribution in [0.5, 0.6) is 5.75 Å². The van der Waals surface area contributed by atoms with Crippen molar-refractivity contribution in [3.8, 4) is 11.8 Å². The zero-order valence-corrected chi connectivity index (χ0v) is 12.4. The van der Waals surface area contributed by atoms with E-state index in [1.807, 2.05) is 26.0 Å². The summed E-state index contributed by atoms with van der Waals surface area (Å²) in [4.78, 5) is 0. The number of aryl methyl sites for hydroxylation is 4. The molecular weight excluding hydrogens is 246 g/mol. The second-order valence-corrected chi connectivity index (χ2v) is 5.34. The SMILES string of the molecule is Cc1cc(C)cc(COc2c(C)cc(C#N)cc2C)c1. The van der Waals surface area contributed by atoms with Crippen molar-refractivity contribution in [1.82, 2.24) is 0 Å². The van der Waals surface area contributed by atoms with E-state index in [2.05, 4.69) is 38.1 Å². The minimum absolute atomic E-state index is 0.552. The van der Waals surface area contributed by atoms with Gasteiger partial charge in [0.15, 0.2) is 0 Å². The van der Waals surface area contributed by atoms with Gasteiger partial charge in [0.25, 0.3) is 0 Å². The lowest BCUT2D eigenvalue weighted by molar-refractivity contribution is 0.302. The van der Waals surface area contributed by atoms with Crippen LogP contribution in [0.2, 0.25) is 0 Å². The number of hydrogen-bond acceptors (Lipinski definition) is 2. The Morgan fingerprint density at radius 2 is 1.45 bits per heavy atom. The molecule has 0 saturated heterocycles. The minimum Gasteiger partial charge on any atom is -0.488 e. The van der Waals surface area contributed by atoms with E-state index >= 15 is 0 Å². The van der Waals surface area contributed by atoms with Gasteiger partial charge in [-0.05, 0) is 56.5 Å². The van der Waals surface area contributed by atoms with Gasteiger partial charge < -0.3 is 4.74 Å². The Labute approximate surface area is 120 Å². The van der Waals surface area contributed by atoms with Gasteiger partial charge >= 0.3 is 0 Å². The molecule has 0 aliphatic rings. The van der Waals surface area contributed by atoms with Crippen molar-refractivity contribution < 1.29 is 4.74 Å². The van der Waals surface area contributed by atoms with Crippen LogP contribution in [0.15, 0.2) is 30.3 Å². The summed E-state index contributed by atoms with van der Waals surface area (Å²) in [7, 11) is 0. The third-order valence-corrected chi connectivity index (χ3v) is 3.25. The van der Waals surface area contributed by atoms with E-state index < -0.39 is 0 Å². The molecule has 0 heterocycles. The molecule has 0 radical (unpaired) electrons. The molecule has 2 heteroatoms. The topological polar surface area (TPSA) is 33.0 Å². The molecule has 0 unspecified atom stereocenters. The Morgan fingerprint density at radius 1 is 0.900 bits per heavy atom. The molecule has 0 bridgehead atoms. The molecule has 2 aromatic carbocycles. The second-order valence-electron chi connectivity index (χ2n) is 5.34. The summed E-state index contributed by atoms with van der Waals surface area (Å²) >= 11 is 0. The molecule has 0 atom stereocenters. The zero-order valence-electron chi connectivity index (χ0n) is 12.4. The maximum atomic E-state index is 8.96. The van der Waals surface area contributed by atoms with Crippen LogP contribution in [0.25, 0.3) is 0 Å². The van der Waals surface area contributed by atoms with Crippen molar-refractivity contribution in [2.24, 2.45) is 0 Å². The van der Waals surface area contributed by atoms with Crippen LogP contribution < -0.4 is 4.74 Å². The van der Waals surface area contributed by atoms with Gasteiger partial charge in [-0.25, -0.2) is 0 Å². The maximum absolute atomic E-state index is 8.96. The van der Waals surface area contributed by atoms with Gasteiger partial charge in [0, 0.05) is 0 Å². The van der Waals surface area contributed by atoms with E-state index in [9.17, 15) is 0 Å². The third kappa shape index (κ3) is 3.19. The lowest BCUT2D eigenvalue weighted by Gasteiger charge is -2.13.